The predicted octanol–water partition coefficient (Wildman–Crippen LogP) is 4.79. The highest BCUT2D eigenvalue weighted by Crippen LogP contribution is 2.49. The minimum absolute atomic E-state index is 0.0295. The molecule has 0 aliphatic heterocycles. The van der Waals surface area contributed by atoms with Crippen molar-refractivity contribution in [3.05, 3.63) is 48.5 Å². The zero-order valence-corrected chi connectivity index (χ0v) is 12.3. The number of carbonyl (C=O) groups is 1. The van der Waals surface area contributed by atoms with Gasteiger partial charge in [-0.2, -0.15) is 0 Å². The maximum atomic E-state index is 10.7. The Balaban J connectivity index is 2.01. The number of hydrogen-bond acceptors (Lipinski definition) is 2. The molecule has 0 saturated heterocycles. The van der Waals surface area contributed by atoms with Crippen LogP contribution in [0.4, 0.5) is 0 Å². The lowest BCUT2D eigenvalue weighted by atomic mass is 10.2. The van der Waals surface area contributed by atoms with Crippen LogP contribution in [0.5, 0.6) is 0 Å². The molecule has 0 N–H and O–H groups in total. The molecule has 102 valence electrons. The molecule has 0 aliphatic carbocycles. The third kappa shape index (κ3) is 2.37. The van der Waals surface area contributed by atoms with Crippen molar-refractivity contribution in [2.75, 3.05) is 6.61 Å². The van der Waals surface area contributed by atoms with Gasteiger partial charge in [-0.05, 0) is 10.8 Å². The minimum Gasteiger partial charge on any atom is -0.372 e. The summed E-state index contributed by atoms with van der Waals surface area (Å²) in [5.74, 6) is -0.0295. The Morgan fingerprint density at radius 2 is 1.60 bits per heavy atom. The maximum absolute atomic E-state index is 10.7. The Bertz CT molecular complexity index is 692. The predicted molar refractivity (Wildman–Crippen MR) is 85.3 cm³/mol. The molecule has 20 heavy (non-hydrogen) atoms. The summed E-state index contributed by atoms with van der Waals surface area (Å²) in [4.78, 5) is 10.7. The van der Waals surface area contributed by atoms with Crippen molar-refractivity contribution >= 4 is 34.8 Å². The number of ether oxygens (including phenoxy) is 1. The molecule has 0 saturated carbocycles. The third-order valence-electron chi connectivity index (χ3n) is 3.51. The van der Waals surface area contributed by atoms with E-state index in [0.29, 0.717) is 13.0 Å². The quantitative estimate of drug-likeness (QED) is 0.630. The van der Waals surface area contributed by atoms with Crippen LogP contribution in [0.25, 0.3) is 21.0 Å². The van der Waals surface area contributed by atoms with Gasteiger partial charge in [0.1, 0.15) is 6.29 Å². The van der Waals surface area contributed by atoms with Crippen LogP contribution in [-0.2, 0) is 15.9 Å². The van der Waals surface area contributed by atoms with E-state index < -0.39 is 7.53 Å². The average molecular weight is 284 g/mol. The summed E-state index contributed by atoms with van der Waals surface area (Å²) < 4.78 is 5.78. The van der Waals surface area contributed by atoms with Gasteiger partial charge in [0, 0.05) is 16.2 Å². The number of benzene rings is 2. The fourth-order valence-electron chi connectivity index (χ4n) is 2.51. The number of carbonyl (C=O) groups excluding carboxylic acids is 1. The van der Waals surface area contributed by atoms with E-state index in [1.807, 2.05) is 6.92 Å². The van der Waals surface area contributed by atoms with Crippen molar-refractivity contribution in [3.8, 4) is 0 Å². The second-order valence-corrected chi connectivity index (χ2v) is 7.15. The van der Waals surface area contributed by atoms with Gasteiger partial charge in [-0.3, -0.25) is 0 Å². The van der Waals surface area contributed by atoms with Gasteiger partial charge in [0.2, 0.25) is 0 Å². The SMILES string of the molecule is C[C@@H](C=O)COCp1c2ccccc2c2ccccc21. The Morgan fingerprint density at radius 3 is 2.15 bits per heavy atom. The first-order chi connectivity index (χ1) is 9.81. The lowest BCUT2D eigenvalue weighted by Crippen LogP contribution is -2.04. The van der Waals surface area contributed by atoms with Gasteiger partial charge in [-0.15, -0.1) is 0 Å². The van der Waals surface area contributed by atoms with E-state index in [1.54, 1.807) is 0 Å². The van der Waals surface area contributed by atoms with Gasteiger partial charge in [0.05, 0.1) is 13.0 Å². The first-order valence-electron chi connectivity index (χ1n) is 6.80. The molecule has 0 fully saturated rings. The molecule has 1 heterocycles. The first kappa shape index (κ1) is 13.4. The van der Waals surface area contributed by atoms with Crippen molar-refractivity contribution in [3.63, 3.8) is 0 Å². The first-order valence-corrected chi connectivity index (χ1v) is 8.33. The van der Waals surface area contributed by atoms with Crippen molar-refractivity contribution < 1.29 is 9.53 Å². The fourth-order valence-corrected chi connectivity index (χ4v) is 4.84. The average Bonchev–Trinajstić information content (AvgIpc) is 2.82. The Hall–Kier alpha value is -1.63. The van der Waals surface area contributed by atoms with Crippen LogP contribution in [0.3, 0.4) is 0 Å². The third-order valence-corrected chi connectivity index (χ3v) is 5.90. The summed E-state index contributed by atoms with van der Waals surface area (Å²) >= 11 is 0. The van der Waals surface area contributed by atoms with E-state index in [-0.39, 0.29) is 5.92 Å². The normalized spacial score (nSPS) is 12.8. The topological polar surface area (TPSA) is 26.3 Å². The molecule has 2 aromatic carbocycles. The van der Waals surface area contributed by atoms with Crippen molar-refractivity contribution in [2.45, 2.75) is 13.3 Å². The highest BCUT2D eigenvalue weighted by molar-refractivity contribution is 7.60. The summed E-state index contributed by atoms with van der Waals surface area (Å²) in [7, 11) is -0.451. The molecule has 2 nitrogen and oxygen atoms in total. The highest BCUT2D eigenvalue weighted by atomic mass is 31.1. The van der Waals surface area contributed by atoms with E-state index in [1.165, 1.54) is 21.0 Å². The molecule has 0 radical (unpaired) electrons. The molecule has 3 aromatic rings. The van der Waals surface area contributed by atoms with Crippen LogP contribution in [0, 0.1) is 5.92 Å². The maximum Gasteiger partial charge on any atom is 0.125 e. The molecule has 3 rings (SSSR count). The molecule has 0 bridgehead atoms. The molecule has 0 unspecified atom stereocenters. The van der Waals surface area contributed by atoms with Crippen molar-refractivity contribution in [2.24, 2.45) is 5.92 Å². The molecule has 0 spiro atoms. The highest BCUT2D eigenvalue weighted by Gasteiger charge is 2.11. The van der Waals surface area contributed by atoms with Crippen LogP contribution < -0.4 is 0 Å². The van der Waals surface area contributed by atoms with Crippen LogP contribution in [0.2, 0.25) is 0 Å². The second kappa shape index (κ2) is 5.78. The second-order valence-electron chi connectivity index (χ2n) is 5.08. The molecule has 3 heteroatoms. The fraction of sp³-hybridized carbons (Fsp3) is 0.235. The van der Waals surface area contributed by atoms with Crippen molar-refractivity contribution in [1.29, 1.82) is 0 Å². The van der Waals surface area contributed by atoms with E-state index in [9.17, 15) is 4.79 Å². The van der Waals surface area contributed by atoms with E-state index in [2.05, 4.69) is 48.5 Å². The summed E-state index contributed by atoms with van der Waals surface area (Å²) in [6, 6.07) is 17.1. The largest absolute Gasteiger partial charge is 0.372 e. The summed E-state index contributed by atoms with van der Waals surface area (Å²) in [5, 5.41) is 5.45. The number of hydrogen-bond donors (Lipinski definition) is 0. The van der Waals surface area contributed by atoms with Crippen LogP contribution >= 0.6 is 7.53 Å². The summed E-state index contributed by atoms with van der Waals surface area (Å²) in [5.41, 5.74) is 0. The van der Waals surface area contributed by atoms with Gasteiger partial charge < -0.3 is 9.53 Å². The lowest BCUT2D eigenvalue weighted by Gasteiger charge is -2.07. The van der Waals surface area contributed by atoms with Crippen molar-refractivity contribution in [1.82, 2.24) is 0 Å². The molecule has 1 atom stereocenters. The van der Waals surface area contributed by atoms with E-state index >= 15 is 0 Å². The zero-order chi connectivity index (χ0) is 13.9. The van der Waals surface area contributed by atoms with Gasteiger partial charge in [-0.25, -0.2) is 0 Å². The lowest BCUT2D eigenvalue weighted by molar-refractivity contribution is -0.112. The number of aldehydes is 1. The van der Waals surface area contributed by atoms with Crippen LogP contribution in [-0.4, -0.2) is 12.9 Å². The van der Waals surface area contributed by atoms with E-state index in [4.69, 9.17) is 4.74 Å². The molecule has 0 amide bonds. The summed E-state index contributed by atoms with van der Waals surface area (Å²) in [6.07, 6.45) is 1.64. The van der Waals surface area contributed by atoms with Gasteiger partial charge >= 0.3 is 0 Å². The summed E-state index contributed by atoms with van der Waals surface area (Å²) in [6.45, 7) is 2.39. The minimum atomic E-state index is -0.451. The molecule has 1 aromatic heterocycles. The van der Waals surface area contributed by atoms with E-state index in [0.717, 1.165) is 6.29 Å². The Morgan fingerprint density at radius 1 is 1.05 bits per heavy atom. The number of fused-ring (bicyclic) bond motifs is 3. The standard InChI is InChI=1S/C17H17O2P/c1-13(10-18)11-19-12-20-16-8-4-2-6-14(16)15-7-3-5-9-17(15)20/h2-10,13H,11-12H2,1H3/t13-/m0/s1. The molecule has 0 aliphatic rings. The van der Waals surface area contributed by atoms with Crippen LogP contribution in [0.15, 0.2) is 48.5 Å². The molecular weight excluding hydrogens is 267 g/mol. The smallest absolute Gasteiger partial charge is 0.125 e. The molecular formula is C17H17O2P. The monoisotopic (exact) mass is 284 g/mol. The van der Waals surface area contributed by atoms with Gasteiger partial charge in [-0.1, -0.05) is 63.0 Å². The van der Waals surface area contributed by atoms with Gasteiger partial charge in [0.15, 0.2) is 0 Å². The van der Waals surface area contributed by atoms with Gasteiger partial charge in [0.25, 0.3) is 0 Å². The van der Waals surface area contributed by atoms with Crippen LogP contribution in [0.1, 0.15) is 6.92 Å². The Labute approximate surface area is 119 Å². The number of rotatable bonds is 5. The Kier molecular flexibility index (Phi) is 3.86. The zero-order valence-electron chi connectivity index (χ0n) is 11.5.